The van der Waals surface area contributed by atoms with Crippen molar-refractivity contribution in [1.82, 2.24) is 5.32 Å². The van der Waals surface area contributed by atoms with Crippen molar-refractivity contribution in [1.29, 1.82) is 0 Å². The minimum atomic E-state index is -4.43. The number of amides is 1. The standard InChI is InChI=1S/C11H18F3NO3/c12-11(13,14)8-18-6-9(17)15-10(7-16)4-2-1-3-5-10/h16H,1-8H2,(H,15,17). The highest BCUT2D eigenvalue weighted by Gasteiger charge is 2.33. The van der Waals surface area contributed by atoms with Crippen LogP contribution in [0.1, 0.15) is 32.1 Å². The smallest absolute Gasteiger partial charge is 0.394 e. The van der Waals surface area contributed by atoms with Crippen molar-refractivity contribution in [2.75, 3.05) is 19.8 Å². The van der Waals surface area contributed by atoms with E-state index in [0.29, 0.717) is 12.8 Å². The van der Waals surface area contributed by atoms with Crippen LogP contribution in [-0.4, -0.2) is 42.5 Å². The maximum atomic E-state index is 11.8. The molecule has 0 aromatic carbocycles. The largest absolute Gasteiger partial charge is 0.411 e. The van der Waals surface area contributed by atoms with Crippen molar-refractivity contribution in [2.45, 2.75) is 43.8 Å². The third-order valence-corrected chi connectivity index (χ3v) is 3.02. The monoisotopic (exact) mass is 269 g/mol. The van der Waals surface area contributed by atoms with E-state index < -0.39 is 30.8 Å². The molecule has 0 heterocycles. The minimum Gasteiger partial charge on any atom is -0.394 e. The van der Waals surface area contributed by atoms with Crippen LogP contribution in [0.15, 0.2) is 0 Å². The molecule has 1 saturated carbocycles. The number of hydrogen-bond donors (Lipinski definition) is 2. The van der Waals surface area contributed by atoms with E-state index in [-0.39, 0.29) is 6.61 Å². The summed E-state index contributed by atoms with van der Waals surface area (Å²) in [6.07, 6.45) is -0.306. The van der Waals surface area contributed by atoms with Gasteiger partial charge in [0.2, 0.25) is 5.91 Å². The fraction of sp³-hybridized carbons (Fsp3) is 0.909. The van der Waals surface area contributed by atoms with Gasteiger partial charge < -0.3 is 15.2 Å². The molecular weight excluding hydrogens is 251 g/mol. The van der Waals surface area contributed by atoms with E-state index in [9.17, 15) is 23.1 Å². The maximum absolute atomic E-state index is 11.8. The molecule has 0 saturated heterocycles. The molecule has 106 valence electrons. The van der Waals surface area contributed by atoms with Crippen molar-refractivity contribution < 1.29 is 27.8 Å². The lowest BCUT2D eigenvalue weighted by Gasteiger charge is -2.36. The van der Waals surface area contributed by atoms with Crippen LogP contribution in [-0.2, 0) is 9.53 Å². The first-order valence-electron chi connectivity index (χ1n) is 5.93. The molecule has 1 fully saturated rings. The molecule has 0 spiro atoms. The normalized spacial score (nSPS) is 19.6. The first kappa shape index (κ1) is 15.2. The van der Waals surface area contributed by atoms with Crippen LogP contribution in [0, 0.1) is 0 Å². The molecule has 1 rings (SSSR count). The Hall–Kier alpha value is -0.820. The van der Waals surface area contributed by atoms with Gasteiger partial charge in [0.25, 0.3) is 0 Å². The van der Waals surface area contributed by atoms with Crippen molar-refractivity contribution in [3.63, 3.8) is 0 Å². The number of aliphatic hydroxyl groups is 1. The summed E-state index contributed by atoms with van der Waals surface area (Å²) >= 11 is 0. The molecular formula is C11H18F3NO3. The zero-order chi connectivity index (χ0) is 13.6. The van der Waals surface area contributed by atoms with Crippen molar-refractivity contribution >= 4 is 5.91 Å². The molecule has 0 aromatic rings. The van der Waals surface area contributed by atoms with Crippen molar-refractivity contribution in [3.05, 3.63) is 0 Å². The zero-order valence-electron chi connectivity index (χ0n) is 10.1. The van der Waals surface area contributed by atoms with Crippen LogP contribution in [0.25, 0.3) is 0 Å². The molecule has 0 unspecified atom stereocenters. The van der Waals surface area contributed by atoms with E-state index in [4.69, 9.17) is 0 Å². The molecule has 1 amide bonds. The Morgan fingerprint density at radius 1 is 1.28 bits per heavy atom. The third kappa shape index (κ3) is 5.22. The second-order valence-electron chi connectivity index (χ2n) is 4.66. The van der Waals surface area contributed by atoms with E-state index in [1.165, 1.54) is 0 Å². The van der Waals surface area contributed by atoms with Crippen LogP contribution in [0.2, 0.25) is 0 Å². The molecule has 0 aromatic heterocycles. The molecule has 0 aliphatic heterocycles. The average molecular weight is 269 g/mol. The van der Waals surface area contributed by atoms with Gasteiger partial charge in [-0.3, -0.25) is 4.79 Å². The average Bonchev–Trinajstić information content (AvgIpc) is 2.28. The second-order valence-corrected chi connectivity index (χ2v) is 4.66. The summed E-state index contributed by atoms with van der Waals surface area (Å²) in [7, 11) is 0. The van der Waals surface area contributed by atoms with E-state index in [2.05, 4.69) is 10.1 Å². The number of nitrogens with one attached hydrogen (secondary N) is 1. The predicted octanol–water partition coefficient (Wildman–Crippen LogP) is 1.38. The summed E-state index contributed by atoms with van der Waals surface area (Å²) < 4.78 is 39.7. The van der Waals surface area contributed by atoms with Gasteiger partial charge in [-0.15, -0.1) is 0 Å². The van der Waals surface area contributed by atoms with Crippen LogP contribution in [0.3, 0.4) is 0 Å². The molecule has 4 nitrogen and oxygen atoms in total. The van der Waals surface area contributed by atoms with Gasteiger partial charge in [0.15, 0.2) is 0 Å². The summed E-state index contributed by atoms with van der Waals surface area (Å²) in [6, 6.07) is 0. The number of alkyl halides is 3. The van der Waals surface area contributed by atoms with Gasteiger partial charge in [-0.25, -0.2) is 0 Å². The van der Waals surface area contributed by atoms with E-state index in [1.807, 2.05) is 0 Å². The van der Waals surface area contributed by atoms with Gasteiger partial charge in [0.05, 0.1) is 12.1 Å². The Morgan fingerprint density at radius 3 is 2.39 bits per heavy atom. The third-order valence-electron chi connectivity index (χ3n) is 3.02. The highest BCUT2D eigenvalue weighted by atomic mass is 19.4. The molecule has 0 bridgehead atoms. The molecule has 0 atom stereocenters. The number of aliphatic hydroxyl groups excluding tert-OH is 1. The number of halogens is 3. The Balaban J connectivity index is 2.33. The molecule has 1 aliphatic rings. The summed E-state index contributed by atoms with van der Waals surface area (Å²) in [5.41, 5.74) is -0.684. The van der Waals surface area contributed by atoms with Gasteiger partial charge >= 0.3 is 6.18 Å². The Morgan fingerprint density at radius 2 is 1.89 bits per heavy atom. The van der Waals surface area contributed by atoms with Gasteiger partial charge in [-0.05, 0) is 12.8 Å². The number of carbonyl (C=O) groups is 1. The van der Waals surface area contributed by atoms with Gasteiger partial charge in [0.1, 0.15) is 13.2 Å². The Kier molecular flexibility index (Phi) is 5.40. The number of ether oxygens (including phenoxy) is 1. The number of hydrogen-bond acceptors (Lipinski definition) is 3. The van der Waals surface area contributed by atoms with Crippen LogP contribution in [0.5, 0.6) is 0 Å². The first-order chi connectivity index (χ1) is 8.37. The molecule has 7 heteroatoms. The number of rotatable bonds is 5. The fourth-order valence-corrected chi connectivity index (χ4v) is 2.14. The second kappa shape index (κ2) is 6.38. The fourth-order valence-electron chi connectivity index (χ4n) is 2.14. The van der Waals surface area contributed by atoms with Crippen molar-refractivity contribution in [2.24, 2.45) is 0 Å². The lowest BCUT2D eigenvalue weighted by molar-refractivity contribution is -0.176. The molecule has 1 aliphatic carbocycles. The highest BCUT2D eigenvalue weighted by molar-refractivity contribution is 5.78. The SMILES string of the molecule is O=C(COCC(F)(F)F)NC1(CO)CCCCC1. The van der Waals surface area contributed by atoms with Gasteiger partial charge in [0, 0.05) is 0 Å². The van der Waals surface area contributed by atoms with Gasteiger partial charge in [-0.2, -0.15) is 13.2 Å². The first-order valence-corrected chi connectivity index (χ1v) is 5.93. The molecule has 0 radical (unpaired) electrons. The van der Waals surface area contributed by atoms with E-state index in [0.717, 1.165) is 19.3 Å². The molecule has 2 N–H and O–H groups in total. The van der Waals surface area contributed by atoms with Crippen LogP contribution < -0.4 is 5.32 Å². The topological polar surface area (TPSA) is 58.6 Å². The van der Waals surface area contributed by atoms with Gasteiger partial charge in [-0.1, -0.05) is 19.3 Å². The summed E-state index contributed by atoms with van der Waals surface area (Å²) in [4.78, 5) is 11.4. The molecule has 18 heavy (non-hydrogen) atoms. The quantitative estimate of drug-likeness (QED) is 0.792. The lowest BCUT2D eigenvalue weighted by Crippen LogP contribution is -2.53. The Labute approximate surface area is 103 Å². The minimum absolute atomic E-state index is 0.196. The van der Waals surface area contributed by atoms with Crippen molar-refractivity contribution in [3.8, 4) is 0 Å². The lowest BCUT2D eigenvalue weighted by atomic mass is 9.82. The zero-order valence-corrected chi connectivity index (χ0v) is 10.1. The number of carbonyl (C=O) groups excluding carboxylic acids is 1. The summed E-state index contributed by atoms with van der Waals surface area (Å²) in [6.45, 7) is -2.27. The van der Waals surface area contributed by atoms with Crippen LogP contribution >= 0.6 is 0 Å². The van der Waals surface area contributed by atoms with E-state index >= 15 is 0 Å². The summed E-state index contributed by atoms with van der Waals surface area (Å²) in [5, 5.41) is 11.9. The summed E-state index contributed by atoms with van der Waals surface area (Å²) in [5.74, 6) is -0.616. The Bertz CT molecular complexity index is 275. The van der Waals surface area contributed by atoms with Crippen LogP contribution in [0.4, 0.5) is 13.2 Å². The maximum Gasteiger partial charge on any atom is 0.411 e. The van der Waals surface area contributed by atoms with E-state index in [1.54, 1.807) is 0 Å². The highest BCUT2D eigenvalue weighted by Crippen LogP contribution is 2.27. The predicted molar refractivity (Wildman–Crippen MR) is 57.9 cm³/mol.